The highest BCUT2D eigenvalue weighted by atomic mass is 32.1. The van der Waals surface area contributed by atoms with E-state index >= 15 is 0 Å². The van der Waals surface area contributed by atoms with Gasteiger partial charge in [0.05, 0.1) is 13.0 Å². The highest BCUT2D eigenvalue weighted by molar-refractivity contribution is 7.15. The van der Waals surface area contributed by atoms with Crippen LogP contribution in [0.15, 0.2) is 24.3 Å². The molecule has 2 aromatic rings. The zero-order valence-electron chi connectivity index (χ0n) is 18.6. The molecule has 1 fully saturated rings. The van der Waals surface area contributed by atoms with Crippen LogP contribution in [0.3, 0.4) is 0 Å². The first-order valence-electron chi connectivity index (χ1n) is 10.7. The van der Waals surface area contributed by atoms with Crippen molar-refractivity contribution in [2.75, 3.05) is 32.1 Å². The third kappa shape index (κ3) is 6.25. The lowest BCUT2D eigenvalue weighted by atomic mass is 9.97. The van der Waals surface area contributed by atoms with Crippen LogP contribution in [0.2, 0.25) is 0 Å². The Morgan fingerprint density at radius 2 is 1.91 bits per heavy atom. The molecule has 1 aromatic heterocycles. The van der Waals surface area contributed by atoms with Gasteiger partial charge in [-0.3, -0.25) is 14.4 Å². The van der Waals surface area contributed by atoms with Crippen LogP contribution < -0.4 is 15.4 Å². The molecule has 0 aliphatic carbocycles. The Hall–Kier alpha value is -3.01. The predicted molar refractivity (Wildman–Crippen MR) is 122 cm³/mol. The fraction of sp³-hybridized carbons (Fsp3) is 0.500. The summed E-state index contributed by atoms with van der Waals surface area (Å²) in [6.07, 6.45) is 2.42. The average Bonchev–Trinajstić information content (AvgIpc) is 3.29. The standard InChI is InChI=1S/C22H29N5O4S/c1-14(2)10-11-23-18(28)15-5-4-12-27(13-15)22(30)21-26-25-20(32-21)19(29)24-16-6-8-17(31-3)9-7-16/h6-9,14-15H,4-5,10-13H2,1-3H3,(H,23,28)(H,24,29)/t15-/m0/s1. The van der Waals surface area contributed by atoms with Crippen LogP contribution in [-0.4, -0.2) is 59.6 Å². The number of likely N-dealkylation sites (tertiary alicyclic amines) is 1. The second-order valence-corrected chi connectivity index (χ2v) is 9.14. The maximum absolute atomic E-state index is 12.9. The zero-order valence-corrected chi connectivity index (χ0v) is 19.4. The molecule has 2 heterocycles. The maximum atomic E-state index is 12.9. The molecule has 0 spiro atoms. The van der Waals surface area contributed by atoms with Crippen molar-refractivity contribution in [2.24, 2.45) is 11.8 Å². The van der Waals surface area contributed by atoms with Gasteiger partial charge in [-0.2, -0.15) is 0 Å². The van der Waals surface area contributed by atoms with Gasteiger partial charge in [0.25, 0.3) is 11.8 Å². The van der Waals surface area contributed by atoms with Crippen molar-refractivity contribution in [1.82, 2.24) is 20.4 Å². The summed E-state index contributed by atoms with van der Waals surface area (Å²) < 4.78 is 5.10. The van der Waals surface area contributed by atoms with Gasteiger partial charge in [0.2, 0.25) is 15.9 Å². The first-order valence-corrected chi connectivity index (χ1v) is 11.5. The quantitative estimate of drug-likeness (QED) is 0.628. The summed E-state index contributed by atoms with van der Waals surface area (Å²) in [6, 6.07) is 6.89. The van der Waals surface area contributed by atoms with Crippen molar-refractivity contribution < 1.29 is 19.1 Å². The topological polar surface area (TPSA) is 114 Å². The molecule has 1 saturated heterocycles. The van der Waals surface area contributed by atoms with Gasteiger partial charge in [-0.15, -0.1) is 10.2 Å². The van der Waals surface area contributed by atoms with Gasteiger partial charge >= 0.3 is 0 Å². The summed E-state index contributed by atoms with van der Waals surface area (Å²) in [5.74, 6) is 0.220. The number of anilines is 1. The van der Waals surface area contributed by atoms with Crippen LogP contribution in [0.25, 0.3) is 0 Å². The Morgan fingerprint density at radius 1 is 1.19 bits per heavy atom. The van der Waals surface area contributed by atoms with Crippen LogP contribution in [0.4, 0.5) is 5.69 Å². The third-order valence-corrected chi connectivity index (χ3v) is 6.16. The molecule has 3 rings (SSSR count). The smallest absolute Gasteiger partial charge is 0.286 e. The number of methoxy groups -OCH3 is 1. The number of hydrogen-bond donors (Lipinski definition) is 2. The first-order chi connectivity index (χ1) is 15.4. The van der Waals surface area contributed by atoms with Crippen LogP contribution >= 0.6 is 11.3 Å². The maximum Gasteiger partial charge on any atom is 0.286 e. The molecule has 1 aliphatic rings. The van der Waals surface area contributed by atoms with Crippen LogP contribution in [0.1, 0.15) is 52.7 Å². The lowest BCUT2D eigenvalue weighted by Crippen LogP contribution is -2.45. The second-order valence-electron chi connectivity index (χ2n) is 8.16. The number of carbonyl (C=O) groups is 3. The molecule has 0 radical (unpaired) electrons. The van der Waals surface area contributed by atoms with Gasteiger partial charge in [-0.05, 0) is 49.4 Å². The van der Waals surface area contributed by atoms with E-state index in [1.54, 1.807) is 36.3 Å². The minimum absolute atomic E-state index is 0.0139. The average molecular weight is 460 g/mol. The van der Waals surface area contributed by atoms with Crippen molar-refractivity contribution >= 4 is 34.7 Å². The summed E-state index contributed by atoms with van der Waals surface area (Å²) >= 11 is 0.946. The highest BCUT2D eigenvalue weighted by Crippen LogP contribution is 2.21. The molecule has 172 valence electrons. The van der Waals surface area contributed by atoms with E-state index in [0.29, 0.717) is 37.0 Å². The Labute approximate surface area is 191 Å². The van der Waals surface area contributed by atoms with Gasteiger partial charge in [0.1, 0.15) is 5.75 Å². The third-order valence-electron chi connectivity index (χ3n) is 5.25. The van der Waals surface area contributed by atoms with Crippen LogP contribution in [0, 0.1) is 11.8 Å². The van der Waals surface area contributed by atoms with E-state index in [-0.39, 0.29) is 27.7 Å². The summed E-state index contributed by atoms with van der Waals surface area (Å²) in [5.41, 5.74) is 0.584. The molecule has 1 aromatic carbocycles. The molecule has 32 heavy (non-hydrogen) atoms. The first kappa shape index (κ1) is 23.6. The number of carbonyl (C=O) groups excluding carboxylic acids is 3. The van der Waals surface area contributed by atoms with E-state index < -0.39 is 5.91 Å². The zero-order chi connectivity index (χ0) is 23.1. The molecule has 10 heteroatoms. The molecular formula is C22H29N5O4S. The fourth-order valence-electron chi connectivity index (χ4n) is 3.40. The Morgan fingerprint density at radius 3 is 2.59 bits per heavy atom. The van der Waals surface area contributed by atoms with Crippen molar-refractivity contribution in [3.63, 3.8) is 0 Å². The van der Waals surface area contributed by atoms with E-state index in [2.05, 4.69) is 34.7 Å². The number of rotatable bonds is 8. The van der Waals surface area contributed by atoms with E-state index in [4.69, 9.17) is 4.74 Å². The molecule has 0 bridgehead atoms. The molecule has 0 unspecified atom stereocenters. The Bertz CT molecular complexity index is 944. The van der Waals surface area contributed by atoms with Gasteiger partial charge < -0.3 is 20.3 Å². The van der Waals surface area contributed by atoms with E-state index in [0.717, 1.165) is 30.6 Å². The Balaban J connectivity index is 1.57. The second kappa shape index (κ2) is 11.0. The molecule has 0 saturated carbocycles. The number of amides is 3. The summed E-state index contributed by atoms with van der Waals surface area (Å²) in [4.78, 5) is 39.4. The molecule has 1 aliphatic heterocycles. The normalized spacial score (nSPS) is 16.0. The van der Waals surface area contributed by atoms with Gasteiger partial charge in [-0.25, -0.2) is 0 Å². The largest absolute Gasteiger partial charge is 0.497 e. The van der Waals surface area contributed by atoms with E-state index in [1.807, 2.05) is 0 Å². The number of aromatic nitrogens is 2. The number of hydrogen-bond acceptors (Lipinski definition) is 7. The monoisotopic (exact) mass is 459 g/mol. The number of nitrogens with one attached hydrogen (secondary N) is 2. The van der Waals surface area contributed by atoms with E-state index in [9.17, 15) is 14.4 Å². The van der Waals surface area contributed by atoms with Crippen molar-refractivity contribution in [2.45, 2.75) is 33.1 Å². The molecule has 3 amide bonds. The Kier molecular flexibility index (Phi) is 8.15. The molecular weight excluding hydrogens is 430 g/mol. The van der Waals surface area contributed by atoms with Gasteiger partial charge in [0, 0.05) is 25.3 Å². The minimum atomic E-state index is -0.437. The summed E-state index contributed by atoms with van der Waals surface area (Å²) in [7, 11) is 1.57. The number of ether oxygens (including phenoxy) is 1. The number of nitrogens with zero attached hydrogens (tertiary/aromatic N) is 3. The molecule has 2 N–H and O–H groups in total. The molecule has 9 nitrogen and oxygen atoms in total. The lowest BCUT2D eigenvalue weighted by molar-refractivity contribution is -0.126. The van der Waals surface area contributed by atoms with Crippen molar-refractivity contribution in [1.29, 1.82) is 0 Å². The SMILES string of the molecule is COc1ccc(NC(=O)c2nnc(C(=O)N3CCC[C@H](C(=O)NCCC(C)C)C3)s2)cc1. The van der Waals surface area contributed by atoms with Crippen molar-refractivity contribution in [3.05, 3.63) is 34.3 Å². The highest BCUT2D eigenvalue weighted by Gasteiger charge is 2.30. The minimum Gasteiger partial charge on any atom is -0.497 e. The number of piperidine rings is 1. The summed E-state index contributed by atoms with van der Waals surface area (Å²) in [6.45, 7) is 5.77. The van der Waals surface area contributed by atoms with Crippen molar-refractivity contribution in [3.8, 4) is 5.75 Å². The molecule has 1 atom stereocenters. The summed E-state index contributed by atoms with van der Waals surface area (Å²) in [5, 5.41) is 13.7. The van der Waals surface area contributed by atoms with E-state index in [1.165, 1.54) is 0 Å². The van der Waals surface area contributed by atoms with Gasteiger partial charge in [-0.1, -0.05) is 25.2 Å². The predicted octanol–water partition coefficient (Wildman–Crippen LogP) is 2.81. The van der Waals surface area contributed by atoms with Crippen LogP contribution in [0.5, 0.6) is 5.75 Å². The van der Waals surface area contributed by atoms with Gasteiger partial charge in [0.15, 0.2) is 0 Å². The lowest BCUT2D eigenvalue weighted by Gasteiger charge is -2.31. The fourth-order valence-corrected chi connectivity index (χ4v) is 4.11. The number of benzene rings is 1. The van der Waals surface area contributed by atoms with Crippen LogP contribution in [-0.2, 0) is 4.79 Å².